The minimum absolute atomic E-state index is 0.444. The van der Waals surface area contributed by atoms with Crippen LogP contribution >= 0.6 is 0 Å². The van der Waals surface area contributed by atoms with Gasteiger partial charge in [-0.2, -0.15) is 5.12 Å². The van der Waals surface area contributed by atoms with E-state index >= 15 is 0 Å². The first-order valence-corrected chi connectivity index (χ1v) is 7.84. The van der Waals surface area contributed by atoms with E-state index < -0.39 is 0 Å². The Morgan fingerprint density at radius 2 is 1.36 bits per heavy atom. The van der Waals surface area contributed by atoms with Gasteiger partial charge in [-0.1, -0.05) is 60.7 Å². The Hall–Kier alpha value is -1.72. The number of hydrogen-bond acceptors (Lipinski definition) is 4. The van der Waals surface area contributed by atoms with E-state index in [9.17, 15) is 0 Å². The lowest BCUT2D eigenvalue weighted by Gasteiger charge is -2.24. The molecule has 2 aromatic carbocycles. The first kappa shape index (κ1) is 15.2. The topological polar surface area (TPSA) is 39.8 Å². The molecule has 3 rings (SSSR count). The van der Waals surface area contributed by atoms with E-state index in [1.165, 1.54) is 11.1 Å². The number of nitrogens with one attached hydrogen (secondary N) is 2. The van der Waals surface area contributed by atoms with Crippen molar-refractivity contribution in [1.29, 1.82) is 0 Å². The van der Waals surface area contributed by atoms with Gasteiger partial charge in [0.05, 0.1) is 12.7 Å². The van der Waals surface area contributed by atoms with Crippen LogP contribution in [0.25, 0.3) is 0 Å². The number of rotatable bonds is 9. The van der Waals surface area contributed by atoms with E-state index in [-0.39, 0.29) is 0 Å². The van der Waals surface area contributed by atoms with Gasteiger partial charge < -0.3 is 4.74 Å². The fraction of sp³-hybridized carbons (Fsp3) is 0.333. The number of hydrogen-bond donors (Lipinski definition) is 2. The third-order valence-electron chi connectivity index (χ3n) is 3.71. The highest BCUT2D eigenvalue weighted by Crippen LogP contribution is 2.13. The molecule has 116 valence electrons. The van der Waals surface area contributed by atoms with Crippen molar-refractivity contribution >= 4 is 0 Å². The molecule has 2 N–H and O–H groups in total. The second-order valence-electron chi connectivity index (χ2n) is 5.54. The van der Waals surface area contributed by atoms with E-state index in [1.54, 1.807) is 0 Å². The number of nitrogens with zero attached hydrogens (tertiary/aromatic N) is 1. The first-order chi connectivity index (χ1) is 10.9. The summed E-state index contributed by atoms with van der Waals surface area (Å²) in [6, 6.07) is 20.9. The Bertz CT molecular complexity index is 499. The van der Waals surface area contributed by atoms with Crippen LogP contribution in [0.15, 0.2) is 60.7 Å². The molecule has 0 spiro atoms. The van der Waals surface area contributed by atoms with Crippen molar-refractivity contribution in [2.45, 2.75) is 25.6 Å². The second-order valence-corrected chi connectivity index (χ2v) is 5.54. The Kier molecular flexibility index (Phi) is 5.56. The molecule has 2 aromatic rings. The second kappa shape index (κ2) is 8.06. The molecule has 1 heterocycles. The average molecular weight is 297 g/mol. The SMILES string of the molecule is c1ccc(CNN(CC[C@H]2CO2)NCc2ccccc2)cc1. The molecule has 1 aliphatic rings. The molecule has 0 unspecified atom stereocenters. The van der Waals surface area contributed by atoms with Gasteiger partial charge in [0.2, 0.25) is 0 Å². The zero-order valence-corrected chi connectivity index (χ0v) is 12.7. The van der Waals surface area contributed by atoms with Gasteiger partial charge in [-0.15, -0.1) is 0 Å². The highest BCUT2D eigenvalue weighted by molar-refractivity contribution is 5.15. The molecule has 0 aromatic heterocycles. The molecule has 1 fully saturated rings. The maximum atomic E-state index is 5.30. The van der Waals surface area contributed by atoms with Crippen LogP contribution in [0.2, 0.25) is 0 Å². The van der Waals surface area contributed by atoms with E-state index in [2.05, 4.69) is 64.5 Å². The molecule has 0 aliphatic carbocycles. The van der Waals surface area contributed by atoms with Crippen molar-refractivity contribution in [3.63, 3.8) is 0 Å². The number of ether oxygens (including phenoxy) is 1. The maximum Gasteiger partial charge on any atom is 0.0823 e. The van der Waals surface area contributed by atoms with E-state index in [0.717, 1.165) is 32.7 Å². The number of benzene rings is 2. The van der Waals surface area contributed by atoms with Crippen molar-refractivity contribution in [3.05, 3.63) is 71.8 Å². The van der Waals surface area contributed by atoms with Gasteiger partial charge in [-0.3, -0.25) is 0 Å². The molecule has 0 amide bonds. The Morgan fingerprint density at radius 1 is 0.864 bits per heavy atom. The van der Waals surface area contributed by atoms with Crippen molar-refractivity contribution in [2.24, 2.45) is 0 Å². The van der Waals surface area contributed by atoms with Gasteiger partial charge in [0.15, 0.2) is 0 Å². The summed E-state index contributed by atoms with van der Waals surface area (Å²) in [6.45, 7) is 3.46. The predicted molar refractivity (Wildman–Crippen MR) is 87.6 cm³/mol. The summed E-state index contributed by atoms with van der Waals surface area (Å²) >= 11 is 0. The summed E-state index contributed by atoms with van der Waals surface area (Å²) in [5, 5.41) is 2.08. The van der Waals surface area contributed by atoms with Crippen LogP contribution in [0.3, 0.4) is 0 Å². The van der Waals surface area contributed by atoms with Crippen LogP contribution in [0.4, 0.5) is 0 Å². The Balaban J connectivity index is 1.49. The molecule has 0 bridgehead atoms. The normalized spacial score (nSPS) is 16.9. The lowest BCUT2D eigenvalue weighted by atomic mass is 10.2. The predicted octanol–water partition coefficient (Wildman–Crippen LogP) is 2.49. The summed E-state index contributed by atoms with van der Waals surface area (Å²) in [4.78, 5) is 0. The largest absolute Gasteiger partial charge is 0.373 e. The van der Waals surface area contributed by atoms with Gasteiger partial charge in [0.1, 0.15) is 0 Å². The smallest absolute Gasteiger partial charge is 0.0823 e. The van der Waals surface area contributed by atoms with E-state index in [4.69, 9.17) is 4.74 Å². The molecule has 0 radical (unpaired) electrons. The Morgan fingerprint density at radius 3 is 1.82 bits per heavy atom. The van der Waals surface area contributed by atoms with Crippen LogP contribution in [0.5, 0.6) is 0 Å². The maximum absolute atomic E-state index is 5.30. The Labute approximate surface area is 132 Å². The molecule has 1 aliphatic heterocycles. The van der Waals surface area contributed by atoms with E-state index in [0.29, 0.717) is 6.10 Å². The number of epoxide rings is 1. The summed E-state index contributed by atoms with van der Waals surface area (Å²) in [5.74, 6) is 0. The minimum Gasteiger partial charge on any atom is -0.373 e. The van der Waals surface area contributed by atoms with Crippen LogP contribution in [0.1, 0.15) is 17.5 Å². The minimum atomic E-state index is 0.444. The van der Waals surface area contributed by atoms with Crippen molar-refractivity contribution in [3.8, 4) is 0 Å². The molecule has 0 saturated carbocycles. The fourth-order valence-electron chi connectivity index (χ4n) is 2.29. The summed E-state index contributed by atoms with van der Waals surface area (Å²) < 4.78 is 5.30. The van der Waals surface area contributed by atoms with Gasteiger partial charge >= 0.3 is 0 Å². The molecule has 22 heavy (non-hydrogen) atoms. The summed E-state index contributed by atoms with van der Waals surface area (Å²) in [5.41, 5.74) is 9.46. The molecular weight excluding hydrogens is 274 g/mol. The highest BCUT2D eigenvalue weighted by atomic mass is 16.6. The third kappa shape index (κ3) is 5.24. The monoisotopic (exact) mass is 297 g/mol. The standard InChI is InChI=1S/C18H23N3O/c1-3-7-16(8-4-1)13-19-21(12-11-18-15-22-18)20-14-17-9-5-2-6-10-17/h1-10,18-20H,11-15H2/t18-/m0/s1. The molecule has 4 heteroatoms. The molecule has 1 saturated heterocycles. The zero-order valence-electron chi connectivity index (χ0n) is 12.7. The quantitative estimate of drug-likeness (QED) is 0.551. The van der Waals surface area contributed by atoms with Crippen LogP contribution < -0.4 is 10.9 Å². The lowest BCUT2D eigenvalue weighted by Crippen LogP contribution is -2.48. The summed E-state index contributed by atoms with van der Waals surface area (Å²) in [6.07, 6.45) is 1.49. The van der Waals surface area contributed by atoms with Crippen molar-refractivity contribution < 1.29 is 4.74 Å². The van der Waals surface area contributed by atoms with E-state index in [1.807, 2.05) is 12.1 Å². The third-order valence-corrected chi connectivity index (χ3v) is 3.71. The van der Waals surface area contributed by atoms with Crippen molar-refractivity contribution in [1.82, 2.24) is 16.0 Å². The molecule has 4 nitrogen and oxygen atoms in total. The fourth-order valence-corrected chi connectivity index (χ4v) is 2.29. The lowest BCUT2D eigenvalue weighted by molar-refractivity contribution is 0.101. The number of hydrazine groups is 2. The highest BCUT2D eigenvalue weighted by Gasteiger charge is 2.22. The van der Waals surface area contributed by atoms with Crippen molar-refractivity contribution in [2.75, 3.05) is 13.2 Å². The van der Waals surface area contributed by atoms with Gasteiger partial charge in [0, 0.05) is 19.6 Å². The zero-order chi connectivity index (χ0) is 15.0. The molecular formula is C18H23N3O. The van der Waals surface area contributed by atoms with Crippen LogP contribution in [-0.2, 0) is 17.8 Å². The summed E-state index contributed by atoms with van der Waals surface area (Å²) in [7, 11) is 0. The van der Waals surface area contributed by atoms with Gasteiger partial charge in [-0.25, -0.2) is 10.9 Å². The average Bonchev–Trinajstić information content (AvgIpc) is 3.40. The van der Waals surface area contributed by atoms with Gasteiger partial charge in [0.25, 0.3) is 0 Å². The first-order valence-electron chi connectivity index (χ1n) is 7.84. The van der Waals surface area contributed by atoms with Gasteiger partial charge in [-0.05, 0) is 17.5 Å². The molecule has 1 atom stereocenters. The van der Waals surface area contributed by atoms with Crippen LogP contribution in [-0.4, -0.2) is 24.4 Å². The van der Waals surface area contributed by atoms with Crippen LogP contribution in [0, 0.1) is 0 Å².